The van der Waals surface area contributed by atoms with Crippen LogP contribution in [0, 0.1) is 0 Å². The van der Waals surface area contributed by atoms with Gasteiger partial charge in [0.15, 0.2) is 0 Å². The number of anilines is 1. The van der Waals surface area contributed by atoms with Crippen LogP contribution in [0.1, 0.15) is 12.1 Å². The highest BCUT2D eigenvalue weighted by molar-refractivity contribution is 5.89. The number of aromatic nitrogens is 1. The lowest BCUT2D eigenvalue weighted by Gasteiger charge is -2.31. The number of carbonyl (C=O) groups is 2. The molecule has 3 rings (SSSR count). The minimum atomic E-state index is -0.666. The lowest BCUT2D eigenvalue weighted by Crippen LogP contribution is -2.50. The Bertz CT molecular complexity index is 889. The number of aliphatic hydroxyl groups is 1. The Labute approximate surface area is 180 Å². The summed E-state index contributed by atoms with van der Waals surface area (Å²) in [6.45, 7) is 0.0269. The normalized spacial score (nSPS) is 20.0. The van der Waals surface area contributed by atoms with Gasteiger partial charge in [-0.25, -0.2) is 4.79 Å². The van der Waals surface area contributed by atoms with Crippen LogP contribution in [-0.2, 0) is 16.1 Å². The van der Waals surface area contributed by atoms with Gasteiger partial charge < -0.3 is 30.5 Å². The first-order valence-electron chi connectivity index (χ1n) is 9.90. The molecule has 31 heavy (non-hydrogen) atoms. The molecule has 0 spiro atoms. The molecule has 9 heteroatoms. The first-order valence-corrected chi connectivity index (χ1v) is 9.90. The molecule has 1 aliphatic rings. The summed E-state index contributed by atoms with van der Waals surface area (Å²) in [4.78, 5) is 28.6. The van der Waals surface area contributed by atoms with E-state index in [1.807, 2.05) is 18.2 Å². The van der Waals surface area contributed by atoms with Crippen LogP contribution in [0.5, 0.6) is 5.75 Å². The topological polar surface area (TPSA) is 122 Å². The molecule has 0 aliphatic carbocycles. The molecule has 3 amide bonds. The number of urea groups is 1. The zero-order chi connectivity index (χ0) is 22.1. The Hall–Kier alpha value is -3.43. The first-order chi connectivity index (χ1) is 15.1. The zero-order valence-electron chi connectivity index (χ0n) is 17.2. The van der Waals surface area contributed by atoms with Crippen LogP contribution < -0.4 is 20.7 Å². The van der Waals surface area contributed by atoms with Crippen LogP contribution in [0.4, 0.5) is 10.5 Å². The predicted molar refractivity (Wildman–Crippen MR) is 115 cm³/mol. The second-order valence-electron chi connectivity index (χ2n) is 6.94. The number of ether oxygens (including phenoxy) is 2. The van der Waals surface area contributed by atoms with E-state index < -0.39 is 24.3 Å². The molecule has 0 saturated carbocycles. The van der Waals surface area contributed by atoms with Crippen molar-refractivity contribution in [1.82, 2.24) is 15.6 Å². The molecule has 0 saturated heterocycles. The molecular weight excluding hydrogens is 400 g/mol. The van der Waals surface area contributed by atoms with Gasteiger partial charge in [0.2, 0.25) is 5.91 Å². The van der Waals surface area contributed by atoms with Crippen molar-refractivity contribution in [3.8, 4) is 5.75 Å². The zero-order valence-corrected chi connectivity index (χ0v) is 17.2. The van der Waals surface area contributed by atoms with Gasteiger partial charge in [-0.3, -0.25) is 9.78 Å². The van der Waals surface area contributed by atoms with E-state index in [0.29, 0.717) is 18.0 Å². The van der Waals surface area contributed by atoms with Crippen LogP contribution in [0.3, 0.4) is 0 Å². The number of nitrogens with one attached hydrogen (secondary N) is 3. The molecule has 0 unspecified atom stereocenters. The van der Waals surface area contributed by atoms with Crippen molar-refractivity contribution in [2.24, 2.45) is 0 Å². The highest BCUT2D eigenvalue weighted by Crippen LogP contribution is 2.17. The first kappa shape index (κ1) is 22.3. The minimum Gasteiger partial charge on any atom is -0.497 e. The van der Waals surface area contributed by atoms with E-state index in [1.165, 1.54) is 0 Å². The maximum Gasteiger partial charge on any atom is 0.319 e. The fourth-order valence-electron chi connectivity index (χ4n) is 3.08. The third-order valence-corrected chi connectivity index (χ3v) is 4.69. The molecule has 9 nitrogen and oxygen atoms in total. The van der Waals surface area contributed by atoms with E-state index in [-0.39, 0.29) is 18.9 Å². The Morgan fingerprint density at radius 2 is 1.97 bits per heavy atom. The van der Waals surface area contributed by atoms with Crippen molar-refractivity contribution in [1.29, 1.82) is 0 Å². The molecule has 164 valence electrons. The lowest BCUT2D eigenvalue weighted by molar-refractivity contribution is -0.125. The predicted octanol–water partition coefficient (Wildman–Crippen LogP) is 1.60. The summed E-state index contributed by atoms with van der Waals surface area (Å²) >= 11 is 0. The summed E-state index contributed by atoms with van der Waals surface area (Å²) in [6, 6.07) is 11.4. The number of methoxy groups -OCH3 is 1. The van der Waals surface area contributed by atoms with Gasteiger partial charge in [0.1, 0.15) is 11.9 Å². The third kappa shape index (κ3) is 6.80. The van der Waals surface area contributed by atoms with E-state index in [4.69, 9.17) is 9.47 Å². The number of hydrogen-bond acceptors (Lipinski definition) is 6. The fourth-order valence-corrected chi connectivity index (χ4v) is 3.08. The summed E-state index contributed by atoms with van der Waals surface area (Å²) in [7, 11) is 1.57. The van der Waals surface area contributed by atoms with E-state index >= 15 is 0 Å². The van der Waals surface area contributed by atoms with Gasteiger partial charge in [-0.15, -0.1) is 0 Å². The number of benzene rings is 1. The number of amides is 3. The van der Waals surface area contributed by atoms with Crippen LogP contribution in [0.15, 0.2) is 60.8 Å². The number of carbonyl (C=O) groups excluding carboxylic acids is 2. The summed E-state index contributed by atoms with van der Waals surface area (Å²) < 4.78 is 10.9. The maximum atomic E-state index is 12.3. The maximum absolute atomic E-state index is 12.3. The average molecular weight is 426 g/mol. The van der Waals surface area contributed by atoms with Crippen LogP contribution in [-0.4, -0.2) is 54.0 Å². The third-order valence-electron chi connectivity index (χ3n) is 4.69. The van der Waals surface area contributed by atoms with Crippen molar-refractivity contribution >= 4 is 17.6 Å². The highest BCUT2D eigenvalue weighted by atomic mass is 16.5. The second kappa shape index (κ2) is 11.1. The fraction of sp³-hybridized carbons (Fsp3) is 0.318. The quantitative estimate of drug-likeness (QED) is 0.476. The van der Waals surface area contributed by atoms with E-state index in [0.717, 1.165) is 5.69 Å². The van der Waals surface area contributed by atoms with E-state index in [9.17, 15) is 14.7 Å². The molecule has 1 aliphatic heterocycles. The van der Waals surface area contributed by atoms with Gasteiger partial charge in [0.05, 0.1) is 44.5 Å². The van der Waals surface area contributed by atoms with Crippen molar-refractivity contribution < 1.29 is 24.2 Å². The number of nitrogens with zero attached hydrogens (tertiary/aromatic N) is 1. The van der Waals surface area contributed by atoms with Gasteiger partial charge in [-0.1, -0.05) is 18.2 Å². The molecule has 4 N–H and O–H groups in total. The Morgan fingerprint density at radius 3 is 2.65 bits per heavy atom. The van der Waals surface area contributed by atoms with Gasteiger partial charge in [-0.2, -0.15) is 0 Å². The van der Waals surface area contributed by atoms with E-state index in [2.05, 4.69) is 20.9 Å². The molecule has 1 aromatic carbocycles. The van der Waals surface area contributed by atoms with Crippen molar-refractivity contribution in [3.63, 3.8) is 0 Å². The van der Waals surface area contributed by atoms with Crippen LogP contribution in [0.2, 0.25) is 0 Å². The van der Waals surface area contributed by atoms with Crippen molar-refractivity contribution in [2.45, 2.75) is 31.2 Å². The van der Waals surface area contributed by atoms with Crippen LogP contribution >= 0.6 is 0 Å². The summed E-state index contributed by atoms with van der Waals surface area (Å²) in [5.41, 5.74) is 1.36. The molecule has 2 aromatic rings. The molecule has 3 atom stereocenters. The standard InChI is InChI=1S/C22H26N4O5/c1-30-17-7-5-15(6-8-17)25-22(29)26-19-10-9-18(31-20(19)14-27)12-21(28)24-13-16-4-2-3-11-23-16/h2-11,18-20,27H,12-14H2,1H3,(H,24,28)(H2,25,26,29)/t18-,19-,20-/m1/s1. The number of hydrogen-bond donors (Lipinski definition) is 4. The number of rotatable bonds is 8. The lowest BCUT2D eigenvalue weighted by atomic mass is 10.0. The Kier molecular flexibility index (Phi) is 7.97. The monoisotopic (exact) mass is 426 g/mol. The molecule has 0 fully saturated rings. The number of aliphatic hydroxyl groups excluding tert-OH is 1. The Morgan fingerprint density at radius 1 is 1.16 bits per heavy atom. The van der Waals surface area contributed by atoms with Crippen molar-refractivity contribution in [2.75, 3.05) is 19.0 Å². The molecule has 1 aromatic heterocycles. The van der Waals surface area contributed by atoms with Gasteiger partial charge in [-0.05, 0) is 36.4 Å². The molecule has 0 radical (unpaired) electrons. The Balaban J connectivity index is 1.48. The largest absolute Gasteiger partial charge is 0.497 e. The summed E-state index contributed by atoms with van der Waals surface area (Å²) in [5.74, 6) is 0.491. The van der Waals surface area contributed by atoms with Crippen molar-refractivity contribution in [3.05, 3.63) is 66.5 Å². The smallest absolute Gasteiger partial charge is 0.319 e. The molecular formula is C22H26N4O5. The van der Waals surface area contributed by atoms with Crippen LogP contribution in [0.25, 0.3) is 0 Å². The second-order valence-corrected chi connectivity index (χ2v) is 6.94. The average Bonchev–Trinajstić information content (AvgIpc) is 2.80. The SMILES string of the molecule is COc1ccc(NC(=O)N[C@@H]2C=C[C@H](CC(=O)NCc3ccccn3)O[C@@H]2CO)cc1. The van der Waals surface area contributed by atoms with E-state index in [1.54, 1.807) is 49.7 Å². The highest BCUT2D eigenvalue weighted by Gasteiger charge is 2.29. The molecule has 0 bridgehead atoms. The van der Waals surface area contributed by atoms with Gasteiger partial charge in [0.25, 0.3) is 0 Å². The number of pyridine rings is 1. The molecule has 2 heterocycles. The minimum absolute atomic E-state index is 0.102. The summed E-state index contributed by atoms with van der Waals surface area (Å²) in [6.07, 6.45) is 4.05. The summed E-state index contributed by atoms with van der Waals surface area (Å²) in [5, 5.41) is 17.9. The van der Waals surface area contributed by atoms with Gasteiger partial charge in [0, 0.05) is 11.9 Å². The van der Waals surface area contributed by atoms with Gasteiger partial charge >= 0.3 is 6.03 Å².